The van der Waals surface area contributed by atoms with E-state index in [1.165, 1.54) is 48.5 Å². The number of hydrogen-bond acceptors (Lipinski definition) is 18. The van der Waals surface area contributed by atoms with Crippen LogP contribution in [0.2, 0.25) is 0 Å². The van der Waals surface area contributed by atoms with Gasteiger partial charge in [-0.2, -0.15) is 18.4 Å². The molecule has 0 aliphatic carbocycles. The van der Waals surface area contributed by atoms with Gasteiger partial charge in [0.1, 0.15) is 30.2 Å². The Kier molecular flexibility index (Phi) is 21.0. The average molecular weight is 1080 g/mol. The SMILES string of the molecule is CCCCCCCO[C@H]1C(OC)O[C@H](COC(=O)N(C(=O)Nc2ccccc2[N+](=O)[O-])C(=O)Nc2ccccc2[N+](=O)[O-])[C@H](OC(=O)NC(=O)Nc2ccccc2C(F)(F)F)[C@@H]1OC(=O)NC(=O)Nc1ccc(C#N)cc1. The molecule has 27 nitrogen and oxygen atoms in total. The van der Waals surface area contributed by atoms with Gasteiger partial charge in [0.25, 0.3) is 11.4 Å². The highest BCUT2D eigenvalue weighted by molar-refractivity contribution is 6.16. The van der Waals surface area contributed by atoms with Crippen molar-refractivity contribution in [3.8, 4) is 6.07 Å². The fraction of sp³-hybridized carbons (Fsp3) is 0.319. The number of ether oxygens (including phenoxy) is 6. The third-order valence-electron chi connectivity index (χ3n) is 10.7. The number of imide groups is 5. The van der Waals surface area contributed by atoms with Gasteiger partial charge in [0.15, 0.2) is 18.5 Å². The average Bonchev–Trinajstić information content (AvgIpc) is 3.39. The Labute approximate surface area is 433 Å². The summed E-state index contributed by atoms with van der Waals surface area (Å²) in [5.74, 6) is 0. The van der Waals surface area contributed by atoms with Gasteiger partial charge in [-0.05, 0) is 55.0 Å². The number of halogens is 3. The first kappa shape index (κ1) is 58.4. The summed E-state index contributed by atoms with van der Waals surface area (Å²) in [5.41, 5.74) is -4.32. The quantitative estimate of drug-likeness (QED) is 0.0234. The number of methoxy groups -OCH3 is 1. The third-order valence-corrected chi connectivity index (χ3v) is 10.7. The van der Waals surface area contributed by atoms with E-state index in [-0.39, 0.29) is 22.8 Å². The molecule has 0 spiro atoms. The van der Waals surface area contributed by atoms with Crippen molar-refractivity contribution in [2.45, 2.75) is 75.9 Å². The van der Waals surface area contributed by atoms with Gasteiger partial charge in [0.05, 0.1) is 32.7 Å². The molecule has 0 radical (unpaired) electrons. The van der Waals surface area contributed by atoms with Gasteiger partial charge in [-0.15, -0.1) is 4.90 Å². The van der Waals surface area contributed by atoms with E-state index in [4.69, 9.17) is 33.7 Å². The molecule has 0 saturated carbocycles. The zero-order chi connectivity index (χ0) is 56.2. The van der Waals surface area contributed by atoms with Crippen LogP contribution in [0.15, 0.2) is 97.1 Å². The second-order valence-corrected chi connectivity index (χ2v) is 16.0. The number of rotatable bonds is 18. The van der Waals surface area contributed by atoms with Crippen LogP contribution in [-0.4, -0.2) is 108 Å². The fourth-order valence-electron chi connectivity index (χ4n) is 7.15. The minimum atomic E-state index is -4.97. The molecule has 1 unspecified atom stereocenters. The zero-order valence-corrected chi connectivity index (χ0v) is 40.4. The Morgan fingerprint density at radius 1 is 0.688 bits per heavy atom. The molecule has 5 atom stereocenters. The van der Waals surface area contributed by atoms with Crippen LogP contribution in [0.4, 0.5) is 80.9 Å². The lowest BCUT2D eigenvalue weighted by atomic mass is 9.98. The number of nitro benzene ring substituents is 2. The maximum Gasteiger partial charge on any atom is 0.426 e. The molecule has 0 aromatic heterocycles. The van der Waals surface area contributed by atoms with Crippen molar-refractivity contribution >= 4 is 76.5 Å². The first-order valence-electron chi connectivity index (χ1n) is 22.8. The number of para-hydroxylation sites is 5. The maximum atomic E-state index is 14.1. The van der Waals surface area contributed by atoms with Gasteiger partial charge in [-0.25, -0.2) is 44.2 Å². The van der Waals surface area contributed by atoms with E-state index in [1.54, 1.807) is 5.32 Å². The molecule has 1 saturated heterocycles. The van der Waals surface area contributed by atoms with E-state index >= 15 is 0 Å². The highest BCUT2D eigenvalue weighted by Crippen LogP contribution is 2.35. The summed E-state index contributed by atoms with van der Waals surface area (Å²) in [7, 11) is 1.08. The van der Waals surface area contributed by atoms with Crippen molar-refractivity contribution in [1.82, 2.24) is 15.5 Å². The Bertz CT molecular complexity index is 2780. The molecule has 408 valence electrons. The van der Waals surface area contributed by atoms with Gasteiger partial charge in [-0.1, -0.05) is 69.0 Å². The summed E-state index contributed by atoms with van der Waals surface area (Å²) >= 11 is 0. The van der Waals surface area contributed by atoms with Crippen LogP contribution in [0.1, 0.15) is 50.2 Å². The molecular formula is C47H47F3N10O17. The minimum absolute atomic E-state index is 0.0976. The van der Waals surface area contributed by atoms with Crippen molar-refractivity contribution in [3.63, 3.8) is 0 Å². The molecule has 0 bridgehead atoms. The number of alkyl carbamates (subject to hydrolysis) is 2. The number of alkyl halides is 3. The summed E-state index contributed by atoms with van der Waals surface area (Å²) in [5, 5.41) is 44.4. The first-order valence-corrected chi connectivity index (χ1v) is 22.8. The third kappa shape index (κ3) is 16.8. The van der Waals surface area contributed by atoms with Crippen LogP contribution >= 0.6 is 0 Å². The molecule has 1 heterocycles. The molecule has 77 heavy (non-hydrogen) atoms. The number of carbonyl (C=O) groups excluding carboxylic acids is 7. The van der Waals surface area contributed by atoms with E-state index < -0.39 is 130 Å². The van der Waals surface area contributed by atoms with Gasteiger partial charge in [0.2, 0.25) is 0 Å². The molecule has 11 amide bonds. The van der Waals surface area contributed by atoms with E-state index in [0.29, 0.717) is 18.9 Å². The number of benzene rings is 4. The van der Waals surface area contributed by atoms with E-state index in [9.17, 15) is 67.0 Å². The molecule has 1 aliphatic heterocycles. The van der Waals surface area contributed by atoms with Crippen LogP contribution in [0.5, 0.6) is 0 Å². The minimum Gasteiger partial charge on any atom is -0.446 e. The topological polar surface area (TPSA) is 360 Å². The van der Waals surface area contributed by atoms with Crippen LogP contribution in [0, 0.1) is 31.6 Å². The second kappa shape index (κ2) is 27.7. The normalized spacial score (nSPS) is 16.7. The van der Waals surface area contributed by atoms with Crippen molar-refractivity contribution in [1.29, 1.82) is 5.26 Å². The molecule has 4 aromatic carbocycles. The second-order valence-electron chi connectivity index (χ2n) is 16.0. The molecule has 1 aliphatic rings. The van der Waals surface area contributed by atoms with Gasteiger partial charge in [0, 0.05) is 31.5 Å². The Balaban J connectivity index is 1.51. The molecule has 6 N–H and O–H groups in total. The van der Waals surface area contributed by atoms with Crippen LogP contribution in [0.3, 0.4) is 0 Å². The Morgan fingerprint density at radius 2 is 1.21 bits per heavy atom. The number of nitriles is 1. The number of nitro groups is 2. The van der Waals surface area contributed by atoms with E-state index in [2.05, 4.69) is 5.32 Å². The summed E-state index contributed by atoms with van der Waals surface area (Å²) < 4.78 is 75.4. The predicted molar refractivity (Wildman–Crippen MR) is 259 cm³/mol. The molecule has 1 fully saturated rings. The lowest BCUT2D eigenvalue weighted by Crippen LogP contribution is -2.64. The van der Waals surface area contributed by atoms with Crippen molar-refractivity contribution in [2.24, 2.45) is 0 Å². The number of nitrogens with zero attached hydrogens (tertiary/aromatic N) is 4. The maximum absolute atomic E-state index is 14.1. The van der Waals surface area contributed by atoms with Gasteiger partial charge >= 0.3 is 48.6 Å². The van der Waals surface area contributed by atoms with Crippen LogP contribution in [0.25, 0.3) is 0 Å². The largest absolute Gasteiger partial charge is 0.446 e. The number of amides is 11. The van der Waals surface area contributed by atoms with Crippen molar-refractivity contribution < 1.29 is 85.0 Å². The Morgan fingerprint density at radius 3 is 1.74 bits per heavy atom. The van der Waals surface area contributed by atoms with Gasteiger partial charge < -0.3 is 49.7 Å². The van der Waals surface area contributed by atoms with Crippen molar-refractivity contribution in [3.05, 3.63) is 128 Å². The number of unbranched alkanes of at least 4 members (excludes halogenated alkanes) is 4. The van der Waals surface area contributed by atoms with Crippen molar-refractivity contribution in [2.75, 3.05) is 41.6 Å². The number of carbonyl (C=O) groups is 7. The monoisotopic (exact) mass is 1080 g/mol. The summed E-state index contributed by atoms with van der Waals surface area (Å²) in [6.45, 7) is 0.598. The first-order chi connectivity index (χ1) is 36.7. The summed E-state index contributed by atoms with van der Waals surface area (Å²) in [6, 6.07) is 13.6. The lowest BCUT2D eigenvalue weighted by Gasteiger charge is -2.44. The Hall–Kier alpha value is -9.47. The standard InChI is InChI=1S/C47H47F3N10O17/c1-3-4-5-6-13-24-73-38-37(77-45(66)56-40(61)52-28-22-20-27(25-51)21-23-28)36(76-44(65)57-41(62)53-30-15-8-7-14-29(30)47(48,49)50)35(75-39(38)72-2)26-74-46(67)58(42(63)54-31-16-9-11-18-33(31)59(68)69)43(64)55-32-17-10-12-19-34(32)60(70)71/h7-12,14-23,35-39H,3-6,13,24,26H2,1-2H3,(H,54,63)(H,55,64)(H2,52,56,61,66)(H2,53,57,62,65)/t35-,36+,37+,38-,39?/m1/s1. The van der Waals surface area contributed by atoms with Crippen LogP contribution < -0.4 is 31.9 Å². The molecule has 30 heteroatoms. The molecule has 5 rings (SSSR count). The predicted octanol–water partition coefficient (Wildman–Crippen LogP) is 8.98. The lowest BCUT2D eigenvalue weighted by molar-refractivity contribution is -0.384. The molecule has 4 aromatic rings. The highest BCUT2D eigenvalue weighted by atomic mass is 19.4. The number of anilines is 4. The summed E-state index contributed by atoms with van der Waals surface area (Å²) in [4.78, 5) is 116. The number of nitrogens with one attached hydrogen (secondary N) is 6. The highest BCUT2D eigenvalue weighted by Gasteiger charge is 2.52. The molecular weight excluding hydrogens is 1030 g/mol. The summed E-state index contributed by atoms with van der Waals surface area (Å²) in [6.07, 6.45) is -16.3. The van der Waals surface area contributed by atoms with Gasteiger partial charge in [-0.3, -0.25) is 20.2 Å². The van der Waals surface area contributed by atoms with E-state index in [1.807, 2.05) is 34.3 Å². The smallest absolute Gasteiger partial charge is 0.426 e. The zero-order valence-electron chi connectivity index (χ0n) is 40.4. The number of urea groups is 4. The number of hydrogen-bond donors (Lipinski definition) is 6. The van der Waals surface area contributed by atoms with E-state index in [0.717, 1.165) is 68.8 Å². The van der Waals surface area contributed by atoms with Crippen LogP contribution in [-0.2, 0) is 34.6 Å². The fourth-order valence-corrected chi connectivity index (χ4v) is 7.15.